The lowest BCUT2D eigenvalue weighted by molar-refractivity contribution is -0.116. The van der Waals surface area contributed by atoms with E-state index in [-0.39, 0.29) is 17.6 Å². The van der Waals surface area contributed by atoms with Gasteiger partial charge in [0.25, 0.3) is 5.91 Å². The number of carbonyl (C=O) groups is 2. The first-order valence-corrected chi connectivity index (χ1v) is 12.5. The van der Waals surface area contributed by atoms with Gasteiger partial charge in [0.2, 0.25) is 5.91 Å². The molecule has 0 bridgehead atoms. The van der Waals surface area contributed by atoms with Crippen LogP contribution in [0.5, 0.6) is 11.5 Å². The number of hydrogen-bond acceptors (Lipinski definition) is 6. The molecule has 0 aliphatic carbocycles. The third-order valence-corrected chi connectivity index (χ3v) is 7.00. The predicted octanol–water partition coefficient (Wildman–Crippen LogP) is 4.77. The summed E-state index contributed by atoms with van der Waals surface area (Å²) in [5.41, 5.74) is 3.88. The van der Waals surface area contributed by atoms with E-state index in [0.717, 1.165) is 23.4 Å². The van der Waals surface area contributed by atoms with Crippen LogP contribution in [0.1, 0.15) is 11.1 Å². The number of para-hydroxylation sites is 1. The fraction of sp³-hybridized carbons (Fsp3) is 0.179. The highest BCUT2D eigenvalue weighted by molar-refractivity contribution is 8.14. The van der Waals surface area contributed by atoms with Gasteiger partial charge in [0, 0.05) is 18.3 Å². The number of methoxy groups -OCH3 is 2. The molecule has 0 aromatic heterocycles. The molecule has 2 aliphatic heterocycles. The Morgan fingerprint density at radius 1 is 1.00 bits per heavy atom. The molecule has 0 saturated heterocycles. The van der Waals surface area contributed by atoms with Gasteiger partial charge in [0.05, 0.1) is 25.7 Å². The summed E-state index contributed by atoms with van der Waals surface area (Å²) in [6.07, 6.45) is 2.58. The van der Waals surface area contributed by atoms with E-state index in [4.69, 9.17) is 9.47 Å². The van der Waals surface area contributed by atoms with Gasteiger partial charge in [0.15, 0.2) is 5.17 Å². The number of fused-ring (bicyclic) bond motifs is 1. The Balaban J connectivity index is 1.42. The largest absolute Gasteiger partial charge is 0.497 e. The molecule has 2 heterocycles. The zero-order valence-corrected chi connectivity index (χ0v) is 20.8. The van der Waals surface area contributed by atoms with Crippen LogP contribution in [0.2, 0.25) is 0 Å². The molecule has 8 heteroatoms. The van der Waals surface area contributed by atoms with E-state index in [0.29, 0.717) is 28.8 Å². The molecule has 3 aromatic carbocycles. The molecule has 2 amide bonds. The SMILES string of the molecule is COc1ccc(/C=C2\N=C(SCC(=O)N3CCc4ccccc43)N(c3cccc(OC)c3)C2=O)cc1. The van der Waals surface area contributed by atoms with Gasteiger partial charge in [-0.2, -0.15) is 0 Å². The van der Waals surface area contributed by atoms with E-state index < -0.39 is 0 Å². The average Bonchev–Trinajstić information content (AvgIpc) is 3.48. The van der Waals surface area contributed by atoms with Crippen molar-refractivity contribution < 1.29 is 19.1 Å². The zero-order valence-electron chi connectivity index (χ0n) is 20.0. The molecule has 36 heavy (non-hydrogen) atoms. The molecule has 7 nitrogen and oxygen atoms in total. The molecule has 0 radical (unpaired) electrons. The van der Waals surface area contributed by atoms with Gasteiger partial charge in [0.1, 0.15) is 17.2 Å². The first kappa shape index (κ1) is 23.7. The van der Waals surface area contributed by atoms with Crippen LogP contribution < -0.4 is 19.3 Å². The van der Waals surface area contributed by atoms with Crippen molar-refractivity contribution in [2.45, 2.75) is 6.42 Å². The average molecular weight is 500 g/mol. The van der Waals surface area contributed by atoms with E-state index in [9.17, 15) is 9.59 Å². The lowest BCUT2D eigenvalue weighted by atomic mass is 10.2. The van der Waals surface area contributed by atoms with Crippen LogP contribution in [0.3, 0.4) is 0 Å². The van der Waals surface area contributed by atoms with Gasteiger partial charge < -0.3 is 14.4 Å². The molecule has 0 spiro atoms. The van der Waals surface area contributed by atoms with Crippen molar-refractivity contribution in [2.24, 2.45) is 4.99 Å². The summed E-state index contributed by atoms with van der Waals surface area (Å²) >= 11 is 1.26. The maximum atomic E-state index is 13.5. The van der Waals surface area contributed by atoms with Crippen molar-refractivity contribution in [3.05, 3.63) is 89.6 Å². The quantitative estimate of drug-likeness (QED) is 0.457. The van der Waals surface area contributed by atoms with Gasteiger partial charge in [-0.3, -0.25) is 14.5 Å². The minimum absolute atomic E-state index is 0.0155. The minimum atomic E-state index is -0.263. The van der Waals surface area contributed by atoms with Crippen molar-refractivity contribution >= 4 is 46.2 Å². The fourth-order valence-corrected chi connectivity index (χ4v) is 5.12. The van der Waals surface area contributed by atoms with Crippen LogP contribution >= 0.6 is 11.8 Å². The molecule has 0 fully saturated rings. The van der Waals surface area contributed by atoms with Crippen LogP contribution in [-0.2, 0) is 16.0 Å². The number of amides is 2. The second-order valence-corrected chi connectivity index (χ2v) is 9.19. The lowest BCUT2D eigenvalue weighted by Crippen LogP contribution is -2.34. The van der Waals surface area contributed by atoms with E-state index in [2.05, 4.69) is 11.1 Å². The van der Waals surface area contributed by atoms with Crippen molar-refractivity contribution in [2.75, 3.05) is 36.3 Å². The monoisotopic (exact) mass is 499 g/mol. The number of carbonyl (C=O) groups excluding carboxylic acids is 2. The van der Waals surface area contributed by atoms with Gasteiger partial charge in [-0.05, 0) is 54.0 Å². The highest BCUT2D eigenvalue weighted by atomic mass is 32.2. The Hall–Kier alpha value is -4.04. The highest BCUT2D eigenvalue weighted by Crippen LogP contribution is 2.33. The van der Waals surface area contributed by atoms with Crippen LogP contribution in [-0.4, -0.2) is 43.5 Å². The zero-order chi connectivity index (χ0) is 25.1. The van der Waals surface area contributed by atoms with Crippen LogP contribution in [0, 0.1) is 0 Å². The normalized spacial score (nSPS) is 15.8. The molecular formula is C28H25N3O4S. The van der Waals surface area contributed by atoms with Crippen molar-refractivity contribution in [1.82, 2.24) is 0 Å². The number of hydrogen-bond donors (Lipinski definition) is 0. The molecular weight excluding hydrogens is 474 g/mol. The number of benzene rings is 3. The number of anilines is 2. The predicted molar refractivity (Wildman–Crippen MR) is 144 cm³/mol. The number of amidine groups is 1. The Morgan fingerprint density at radius 3 is 2.56 bits per heavy atom. The van der Waals surface area contributed by atoms with Crippen LogP contribution in [0.15, 0.2) is 83.5 Å². The summed E-state index contributed by atoms with van der Waals surface area (Å²) in [5.74, 6) is 1.24. The Labute approximate surface area is 214 Å². The lowest BCUT2D eigenvalue weighted by Gasteiger charge is -2.20. The smallest absolute Gasteiger partial charge is 0.283 e. The highest BCUT2D eigenvalue weighted by Gasteiger charge is 2.33. The summed E-state index contributed by atoms with van der Waals surface area (Å²) in [5, 5.41) is 0.453. The van der Waals surface area contributed by atoms with Crippen LogP contribution in [0.25, 0.3) is 6.08 Å². The summed E-state index contributed by atoms with van der Waals surface area (Å²) in [6.45, 7) is 0.659. The number of aliphatic imine (C=N–C) groups is 1. The van der Waals surface area contributed by atoms with Gasteiger partial charge in [-0.25, -0.2) is 4.99 Å². The van der Waals surface area contributed by atoms with Gasteiger partial charge in [-0.1, -0.05) is 48.2 Å². The Kier molecular flexibility index (Phi) is 6.77. The molecule has 2 aliphatic rings. The number of ether oxygens (including phenoxy) is 2. The summed E-state index contributed by atoms with van der Waals surface area (Å²) < 4.78 is 10.6. The van der Waals surface area contributed by atoms with E-state index >= 15 is 0 Å². The maximum absolute atomic E-state index is 13.5. The second-order valence-electron chi connectivity index (χ2n) is 8.25. The summed E-state index contributed by atoms with van der Waals surface area (Å²) in [7, 11) is 3.19. The first-order chi connectivity index (χ1) is 17.6. The second kappa shape index (κ2) is 10.3. The molecule has 0 saturated carbocycles. The first-order valence-electron chi connectivity index (χ1n) is 11.5. The Morgan fingerprint density at radius 2 is 1.78 bits per heavy atom. The summed E-state index contributed by atoms with van der Waals surface area (Å²) in [6, 6.07) is 22.6. The molecule has 0 unspecified atom stereocenters. The fourth-order valence-electron chi connectivity index (χ4n) is 4.23. The van der Waals surface area contributed by atoms with Gasteiger partial charge >= 0.3 is 0 Å². The molecule has 182 valence electrons. The molecule has 3 aromatic rings. The third-order valence-electron chi connectivity index (χ3n) is 6.07. The molecule has 0 atom stereocenters. The van der Waals surface area contributed by atoms with E-state index in [1.54, 1.807) is 26.4 Å². The number of rotatable bonds is 6. The van der Waals surface area contributed by atoms with E-state index in [1.165, 1.54) is 22.2 Å². The van der Waals surface area contributed by atoms with Crippen molar-refractivity contribution in [1.29, 1.82) is 0 Å². The topological polar surface area (TPSA) is 71.4 Å². The van der Waals surface area contributed by atoms with Crippen LogP contribution in [0.4, 0.5) is 11.4 Å². The van der Waals surface area contributed by atoms with Gasteiger partial charge in [-0.15, -0.1) is 0 Å². The standard InChI is InChI=1S/C28H25N3O4S/c1-34-22-12-10-19(11-13-22)16-24-27(33)31(21-7-5-8-23(17-21)35-2)28(29-24)36-18-26(32)30-15-14-20-6-3-4-9-25(20)30/h3-13,16-17H,14-15,18H2,1-2H3/b24-16-. The Bertz CT molecular complexity index is 1370. The maximum Gasteiger partial charge on any atom is 0.283 e. The molecule has 0 N–H and O–H groups in total. The van der Waals surface area contributed by atoms with E-state index in [1.807, 2.05) is 65.6 Å². The molecule has 5 rings (SSSR count). The third kappa shape index (κ3) is 4.72. The number of nitrogens with zero attached hydrogens (tertiary/aromatic N) is 3. The minimum Gasteiger partial charge on any atom is -0.497 e. The van der Waals surface area contributed by atoms with Crippen molar-refractivity contribution in [3.8, 4) is 11.5 Å². The number of thioether (sulfide) groups is 1. The summed E-state index contributed by atoms with van der Waals surface area (Å²) in [4.78, 5) is 34.6. The van der Waals surface area contributed by atoms with Crippen molar-refractivity contribution in [3.63, 3.8) is 0 Å².